The van der Waals surface area contributed by atoms with Crippen LogP contribution in [0.5, 0.6) is 0 Å². The maximum Gasteiger partial charge on any atom is 0.115 e. The van der Waals surface area contributed by atoms with Gasteiger partial charge in [0.2, 0.25) is 0 Å². The molecule has 1 unspecified atom stereocenters. The Hall–Kier alpha value is -0.850. The number of fused-ring (bicyclic) bond motifs is 1. The first-order chi connectivity index (χ1) is 7.82. The maximum absolute atomic E-state index is 8.61. The number of nitrogens with zero attached hydrogens (tertiary/aromatic N) is 1. The molecular formula is C13H17NO2. The van der Waals surface area contributed by atoms with Crippen LogP contribution in [0.3, 0.4) is 0 Å². The molecule has 0 saturated carbocycles. The summed E-state index contributed by atoms with van der Waals surface area (Å²) < 4.78 is 12.2. The van der Waals surface area contributed by atoms with Crippen molar-refractivity contribution in [1.82, 2.24) is 0 Å². The average molecular weight is 219 g/mol. The molecule has 1 aliphatic carbocycles. The molecule has 0 radical (unpaired) electrons. The Morgan fingerprint density at radius 3 is 3.25 bits per heavy atom. The van der Waals surface area contributed by atoms with Crippen molar-refractivity contribution in [3.8, 4) is 6.07 Å². The van der Waals surface area contributed by atoms with Gasteiger partial charge in [-0.25, -0.2) is 0 Å². The summed E-state index contributed by atoms with van der Waals surface area (Å²) >= 11 is 0. The first-order valence-corrected chi connectivity index (χ1v) is 6.20. The predicted octanol–water partition coefficient (Wildman–Crippen LogP) is 2.33. The van der Waals surface area contributed by atoms with E-state index < -0.39 is 0 Å². The lowest BCUT2D eigenvalue weighted by atomic mass is 9.83. The van der Waals surface area contributed by atoms with Gasteiger partial charge in [-0.1, -0.05) is 12.2 Å². The third-order valence-electron chi connectivity index (χ3n) is 3.96. The van der Waals surface area contributed by atoms with E-state index in [9.17, 15) is 0 Å². The van der Waals surface area contributed by atoms with Crippen molar-refractivity contribution < 1.29 is 9.47 Å². The van der Waals surface area contributed by atoms with Gasteiger partial charge in [0.1, 0.15) is 5.60 Å². The van der Waals surface area contributed by atoms with E-state index in [0.717, 1.165) is 32.1 Å². The maximum atomic E-state index is 8.61. The Morgan fingerprint density at radius 1 is 1.44 bits per heavy atom. The Labute approximate surface area is 96.0 Å². The Kier molecular flexibility index (Phi) is 2.49. The van der Waals surface area contributed by atoms with E-state index in [0.29, 0.717) is 12.5 Å². The van der Waals surface area contributed by atoms with Crippen molar-refractivity contribution in [2.75, 3.05) is 0 Å². The van der Waals surface area contributed by atoms with Crippen molar-refractivity contribution in [3.63, 3.8) is 0 Å². The third kappa shape index (κ3) is 1.57. The topological polar surface area (TPSA) is 42.2 Å². The largest absolute Gasteiger partial charge is 0.371 e. The summed E-state index contributed by atoms with van der Waals surface area (Å²) in [6, 6.07) is 2.20. The molecule has 3 nitrogen and oxygen atoms in total. The minimum atomic E-state index is -0.151. The van der Waals surface area contributed by atoms with Gasteiger partial charge < -0.3 is 9.47 Å². The predicted molar refractivity (Wildman–Crippen MR) is 58.7 cm³/mol. The van der Waals surface area contributed by atoms with Crippen LogP contribution in [0.15, 0.2) is 12.2 Å². The second kappa shape index (κ2) is 3.87. The summed E-state index contributed by atoms with van der Waals surface area (Å²) in [5.41, 5.74) is -0.151. The van der Waals surface area contributed by atoms with Crippen LogP contribution >= 0.6 is 0 Å². The van der Waals surface area contributed by atoms with E-state index in [1.165, 1.54) is 0 Å². The highest BCUT2D eigenvalue weighted by molar-refractivity contribution is 5.18. The summed E-state index contributed by atoms with van der Waals surface area (Å²) in [6.45, 7) is 0. The van der Waals surface area contributed by atoms with Crippen molar-refractivity contribution in [2.24, 2.45) is 0 Å². The highest BCUT2D eigenvalue weighted by Crippen LogP contribution is 2.46. The van der Waals surface area contributed by atoms with Gasteiger partial charge in [-0.2, -0.15) is 5.26 Å². The van der Waals surface area contributed by atoms with E-state index in [2.05, 4.69) is 18.2 Å². The molecule has 0 aromatic carbocycles. The first kappa shape index (κ1) is 10.3. The molecule has 3 heteroatoms. The lowest BCUT2D eigenvalue weighted by Crippen LogP contribution is -2.47. The zero-order chi connectivity index (χ0) is 11.0. The molecular weight excluding hydrogens is 202 g/mol. The van der Waals surface area contributed by atoms with Crippen LogP contribution in [0.2, 0.25) is 0 Å². The van der Waals surface area contributed by atoms with Gasteiger partial charge in [0.15, 0.2) is 0 Å². The SMILES string of the molecule is N#CCC[C@H]1CCC2O[C@H]3CC=C[C@@]2(C3)O1. The molecule has 3 rings (SSSR count). The highest BCUT2D eigenvalue weighted by atomic mass is 16.6. The van der Waals surface area contributed by atoms with Crippen molar-refractivity contribution in [2.45, 2.75) is 62.4 Å². The van der Waals surface area contributed by atoms with Gasteiger partial charge >= 0.3 is 0 Å². The molecule has 1 spiro atoms. The van der Waals surface area contributed by atoms with Crippen LogP contribution < -0.4 is 0 Å². The van der Waals surface area contributed by atoms with E-state index >= 15 is 0 Å². The van der Waals surface area contributed by atoms with Crippen LogP contribution in [0, 0.1) is 11.3 Å². The fourth-order valence-corrected chi connectivity index (χ4v) is 3.23. The van der Waals surface area contributed by atoms with Gasteiger partial charge in [0, 0.05) is 12.8 Å². The van der Waals surface area contributed by atoms with Gasteiger partial charge in [0.25, 0.3) is 0 Å². The number of nitriles is 1. The van der Waals surface area contributed by atoms with Crippen LogP contribution in [0.4, 0.5) is 0 Å². The van der Waals surface area contributed by atoms with Crippen LogP contribution in [0.1, 0.15) is 38.5 Å². The third-order valence-corrected chi connectivity index (χ3v) is 3.96. The molecule has 0 aromatic rings. The minimum Gasteiger partial charge on any atom is -0.371 e. The number of hydrogen-bond donors (Lipinski definition) is 0. The fourth-order valence-electron chi connectivity index (χ4n) is 3.23. The molecule has 2 bridgehead atoms. The lowest BCUT2D eigenvalue weighted by Gasteiger charge is -2.40. The molecule has 0 aromatic heterocycles. The van der Waals surface area contributed by atoms with Crippen molar-refractivity contribution in [3.05, 3.63) is 12.2 Å². The standard InChI is InChI=1S/C13H17NO2/c14-8-2-4-10-5-6-12-13(16-10)7-1-3-11(9-13)15-12/h1,7,10-12H,2-6,9H2/t10-,11-,12?,13-/m0/s1. The summed E-state index contributed by atoms with van der Waals surface area (Å²) in [7, 11) is 0. The summed E-state index contributed by atoms with van der Waals surface area (Å²) in [5.74, 6) is 0. The molecule has 0 amide bonds. The first-order valence-electron chi connectivity index (χ1n) is 6.20. The van der Waals surface area contributed by atoms with Crippen LogP contribution in [0.25, 0.3) is 0 Å². The molecule has 3 aliphatic rings. The number of rotatable bonds is 2. The van der Waals surface area contributed by atoms with E-state index in [1.54, 1.807) is 0 Å². The van der Waals surface area contributed by atoms with Crippen molar-refractivity contribution in [1.29, 1.82) is 5.26 Å². The van der Waals surface area contributed by atoms with Gasteiger partial charge in [-0.15, -0.1) is 0 Å². The number of hydrogen-bond acceptors (Lipinski definition) is 3. The van der Waals surface area contributed by atoms with E-state index in [1.807, 2.05) is 0 Å². The smallest absolute Gasteiger partial charge is 0.115 e. The lowest BCUT2D eigenvalue weighted by molar-refractivity contribution is -0.139. The van der Waals surface area contributed by atoms with E-state index in [4.69, 9.17) is 14.7 Å². The monoisotopic (exact) mass is 219 g/mol. The molecule has 4 atom stereocenters. The second-order valence-electron chi connectivity index (χ2n) is 5.06. The molecule has 2 heterocycles. The van der Waals surface area contributed by atoms with Crippen molar-refractivity contribution >= 4 is 0 Å². The highest BCUT2D eigenvalue weighted by Gasteiger charge is 2.52. The minimum absolute atomic E-state index is 0.151. The van der Waals surface area contributed by atoms with Gasteiger partial charge in [0.05, 0.1) is 24.4 Å². The second-order valence-corrected chi connectivity index (χ2v) is 5.06. The Balaban J connectivity index is 1.73. The van der Waals surface area contributed by atoms with Gasteiger partial charge in [-0.05, 0) is 25.7 Å². The fraction of sp³-hybridized carbons (Fsp3) is 0.769. The van der Waals surface area contributed by atoms with E-state index in [-0.39, 0.29) is 17.8 Å². The number of ether oxygens (including phenoxy) is 2. The molecule has 16 heavy (non-hydrogen) atoms. The molecule has 86 valence electrons. The zero-order valence-electron chi connectivity index (χ0n) is 9.39. The van der Waals surface area contributed by atoms with Crippen LogP contribution in [-0.4, -0.2) is 23.9 Å². The molecule has 2 saturated heterocycles. The Bertz CT molecular complexity index is 346. The van der Waals surface area contributed by atoms with Gasteiger partial charge in [-0.3, -0.25) is 0 Å². The Morgan fingerprint density at radius 2 is 2.38 bits per heavy atom. The molecule has 2 fully saturated rings. The molecule has 0 N–H and O–H groups in total. The van der Waals surface area contributed by atoms with Crippen LogP contribution in [-0.2, 0) is 9.47 Å². The summed E-state index contributed by atoms with van der Waals surface area (Å²) in [6.07, 6.45) is 10.9. The average Bonchev–Trinajstić information content (AvgIpc) is 2.55. The summed E-state index contributed by atoms with van der Waals surface area (Å²) in [4.78, 5) is 0. The zero-order valence-corrected chi connectivity index (χ0v) is 9.39. The summed E-state index contributed by atoms with van der Waals surface area (Å²) in [5, 5.41) is 8.61. The molecule has 2 aliphatic heterocycles. The quantitative estimate of drug-likeness (QED) is 0.669. The normalized spacial score (nSPS) is 45.1.